The molecule has 11 heavy (non-hydrogen) atoms. The maximum Gasteiger partial charge on any atom is 0.156 e. The highest BCUT2D eigenvalue weighted by atomic mass is 31.2. The third-order valence-corrected chi connectivity index (χ3v) is 7.25. The number of hydrogen-bond donors (Lipinski definition) is 0. The molecule has 0 amide bonds. The summed E-state index contributed by atoms with van der Waals surface area (Å²) >= 11 is 0. The summed E-state index contributed by atoms with van der Waals surface area (Å²) in [5.41, 5.74) is 0. The molecule has 0 fully saturated rings. The van der Waals surface area contributed by atoms with E-state index in [2.05, 4.69) is 20.8 Å². The van der Waals surface area contributed by atoms with Crippen LogP contribution in [0.2, 0.25) is 0 Å². The molecule has 0 aliphatic carbocycles. The molecule has 3 heteroatoms. The Morgan fingerprint density at radius 1 is 1.00 bits per heavy atom. The highest BCUT2D eigenvalue weighted by molar-refractivity contribution is 7.75. The topological polar surface area (TPSA) is 9.23 Å². The molecule has 0 aromatic carbocycles. The molecule has 1 nitrogen and oxygen atoms in total. The molecule has 0 spiro atoms. The number of methoxy groups -OCH3 is 1. The van der Waals surface area contributed by atoms with Crippen LogP contribution in [0.3, 0.4) is 0 Å². The third kappa shape index (κ3) is 4.03. The van der Waals surface area contributed by atoms with E-state index in [-0.39, 0.29) is 4.70 Å². The molecule has 0 unspecified atom stereocenters. The molecule has 0 heterocycles. The van der Waals surface area contributed by atoms with E-state index in [1.54, 1.807) is 0 Å². The van der Waals surface area contributed by atoms with Gasteiger partial charge in [0.2, 0.25) is 0 Å². The fourth-order valence-electron chi connectivity index (χ4n) is 1.22. The molecule has 0 radical (unpaired) electrons. The lowest BCUT2D eigenvalue weighted by molar-refractivity contribution is -0.00000259. The van der Waals surface area contributed by atoms with Gasteiger partial charge in [0.05, 0.1) is 18.5 Å². The molecule has 0 aliphatic heterocycles. The van der Waals surface area contributed by atoms with E-state index in [0.29, 0.717) is 0 Å². The lowest BCUT2D eigenvalue weighted by Crippen LogP contribution is -3.00. The zero-order chi connectivity index (χ0) is 8.04. The van der Waals surface area contributed by atoms with Gasteiger partial charge in [-0.05, 0) is 20.8 Å². The third-order valence-electron chi connectivity index (χ3n) is 2.42. The first-order chi connectivity index (χ1) is 4.74. The van der Waals surface area contributed by atoms with E-state index < -0.39 is 7.26 Å². The van der Waals surface area contributed by atoms with Crippen LogP contribution in [0.1, 0.15) is 20.8 Å². The SMILES string of the molecule is CC[P+](CC)(CC)COC.[F-]. The summed E-state index contributed by atoms with van der Waals surface area (Å²) in [7, 11) is 1.15. The van der Waals surface area contributed by atoms with Crippen molar-refractivity contribution in [2.45, 2.75) is 20.8 Å². The van der Waals surface area contributed by atoms with E-state index in [1.165, 1.54) is 18.5 Å². The van der Waals surface area contributed by atoms with Crippen LogP contribution in [-0.4, -0.2) is 31.9 Å². The Bertz CT molecular complexity index is 75.9. The van der Waals surface area contributed by atoms with E-state index >= 15 is 0 Å². The molecule has 0 atom stereocenters. The first-order valence-corrected chi connectivity index (χ1v) is 6.61. The molecule has 0 aromatic rings. The summed E-state index contributed by atoms with van der Waals surface area (Å²) in [4.78, 5) is 0. The predicted molar refractivity (Wildman–Crippen MR) is 50.4 cm³/mol. The standard InChI is InChI=1S/C8H20OP.FH/c1-5-10(6-2,7-3)8-9-4;/h5-8H2,1-4H3;1H/q+1;/p-1. The number of hydrogen-bond acceptors (Lipinski definition) is 1. The largest absolute Gasteiger partial charge is 1.00 e. The van der Waals surface area contributed by atoms with Crippen molar-refractivity contribution in [1.82, 2.24) is 0 Å². The summed E-state index contributed by atoms with van der Waals surface area (Å²) in [6.45, 7) is 6.87. The predicted octanol–water partition coefficient (Wildman–Crippen LogP) is -0.328. The summed E-state index contributed by atoms with van der Waals surface area (Å²) in [5.74, 6) is 0. The highest BCUT2D eigenvalue weighted by Crippen LogP contribution is 2.57. The Balaban J connectivity index is 0. The van der Waals surface area contributed by atoms with E-state index in [1.807, 2.05) is 7.11 Å². The van der Waals surface area contributed by atoms with Crippen molar-refractivity contribution in [2.75, 3.05) is 31.9 Å². The first kappa shape index (κ1) is 13.9. The molecular weight excluding hydrogens is 162 g/mol. The van der Waals surface area contributed by atoms with Gasteiger partial charge in [-0.2, -0.15) is 0 Å². The normalized spacial score (nSPS) is 10.9. The van der Waals surface area contributed by atoms with Gasteiger partial charge in [-0.25, -0.2) is 0 Å². The number of rotatable bonds is 5. The molecule has 70 valence electrons. The molecule has 0 saturated carbocycles. The highest BCUT2D eigenvalue weighted by Gasteiger charge is 2.30. The zero-order valence-electron chi connectivity index (χ0n) is 8.06. The molecule has 0 N–H and O–H groups in total. The smallest absolute Gasteiger partial charge is 0.156 e. The Morgan fingerprint density at radius 2 is 1.36 bits per heavy atom. The minimum Gasteiger partial charge on any atom is -1.00 e. The van der Waals surface area contributed by atoms with Gasteiger partial charge in [-0.1, -0.05) is 0 Å². The summed E-state index contributed by atoms with van der Waals surface area (Å²) in [5, 5.41) is 0. The van der Waals surface area contributed by atoms with Crippen molar-refractivity contribution in [3.8, 4) is 0 Å². The van der Waals surface area contributed by atoms with Crippen molar-refractivity contribution >= 4 is 7.26 Å². The second-order valence-electron chi connectivity index (χ2n) is 2.71. The molecule has 0 aliphatic rings. The van der Waals surface area contributed by atoms with E-state index in [9.17, 15) is 0 Å². The molecule has 0 saturated heterocycles. The monoisotopic (exact) mass is 182 g/mol. The van der Waals surface area contributed by atoms with Gasteiger partial charge in [-0.15, -0.1) is 0 Å². The van der Waals surface area contributed by atoms with Gasteiger partial charge >= 0.3 is 0 Å². The summed E-state index contributed by atoms with van der Waals surface area (Å²) in [6.07, 6.45) is 5.05. The van der Waals surface area contributed by atoms with Crippen LogP contribution < -0.4 is 4.70 Å². The van der Waals surface area contributed by atoms with Crippen molar-refractivity contribution in [1.29, 1.82) is 0 Å². The lowest BCUT2D eigenvalue weighted by Gasteiger charge is -2.21. The molecule has 0 bridgehead atoms. The molecule has 0 rings (SSSR count). The van der Waals surface area contributed by atoms with Gasteiger partial charge in [0, 0.05) is 14.4 Å². The van der Waals surface area contributed by atoms with E-state index in [4.69, 9.17) is 4.74 Å². The van der Waals surface area contributed by atoms with E-state index in [0.717, 1.165) is 6.35 Å². The zero-order valence-corrected chi connectivity index (χ0v) is 8.96. The van der Waals surface area contributed by atoms with Crippen LogP contribution in [-0.2, 0) is 4.74 Å². The van der Waals surface area contributed by atoms with Crippen molar-refractivity contribution in [3.63, 3.8) is 0 Å². The van der Waals surface area contributed by atoms with Crippen molar-refractivity contribution in [2.24, 2.45) is 0 Å². The Kier molecular flexibility index (Phi) is 8.83. The summed E-state index contributed by atoms with van der Waals surface area (Å²) < 4.78 is 5.23. The number of halogens is 1. The average molecular weight is 182 g/mol. The minimum atomic E-state index is -0.661. The Morgan fingerprint density at radius 3 is 1.45 bits per heavy atom. The maximum atomic E-state index is 5.23. The van der Waals surface area contributed by atoms with Crippen LogP contribution >= 0.6 is 7.26 Å². The molecule has 0 aromatic heterocycles. The van der Waals surface area contributed by atoms with Crippen LogP contribution in [0.4, 0.5) is 0 Å². The van der Waals surface area contributed by atoms with Crippen LogP contribution in [0.15, 0.2) is 0 Å². The fraction of sp³-hybridized carbons (Fsp3) is 1.00. The Hall–Kier alpha value is 0.320. The van der Waals surface area contributed by atoms with Gasteiger partial charge in [0.25, 0.3) is 0 Å². The first-order valence-electron chi connectivity index (χ1n) is 4.08. The van der Waals surface area contributed by atoms with Gasteiger partial charge in [0.15, 0.2) is 6.35 Å². The van der Waals surface area contributed by atoms with Gasteiger partial charge < -0.3 is 9.44 Å². The van der Waals surface area contributed by atoms with Gasteiger partial charge in [0.1, 0.15) is 0 Å². The van der Waals surface area contributed by atoms with Crippen LogP contribution in [0, 0.1) is 0 Å². The van der Waals surface area contributed by atoms with Crippen molar-refractivity contribution < 1.29 is 9.44 Å². The fourth-order valence-corrected chi connectivity index (χ4v) is 3.66. The van der Waals surface area contributed by atoms with Crippen LogP contribution in [0.25, 0.3) is 0 Å². The quantitative estimate of drug-likeness (QED) is 0.529. The number of ether oxygens (including phenoxy) is 1. The molecular formula is C8H20FOP. The second kappa shape index (κ2) is 7.00. The average Bonchev–Trinajstić information content (AvgIpc) is 2.01. The summed E-state index contributed by atoms with van der Waals surface area (Å²) in [6, 6.07) is 0. The lowest BCUT2D eigenvalue weighted by atomic mass is 10.9. The maximum absolute atomic E-state index is 5.23. The van der Waals surface area contributed by atoms with Crippen LogP contribution in [0.5, 0.6) is 0 Å². The Labute approximate surface area is 70.2 Å². The minimum absolute atomic E-state index is 0. The van der Waals surface area contributed by atoms with Gasteiger partial charge in [-0.3, -0.25) is 0 Å². The second-order valence-corrected chi connectivity index (χ2v) is 7.55. The van der Waals surface area contributed by atoms with Crippen molar-refractivity contribution in [3.05, 3.63) is 0 Å².